The minimum atomic E-state index is 0.880. The summed E-state index contributed by atoms with van der Waals surface area (Å²) in [5, 5.41) is 7.28. The zero-order chi connectivity index (χ0) is 32.3. The summed E-state index contributed by atoms with van der Waals surface area (Å²) >= 11 is 1.86. The Morgan fingerprint density at radius 3 is 2.02 bits per heavy atom. The monoisotopic (exact) mass is 643 g/mol. The number of rotatable bonds is 5. The third kappa shape index (κ3) is 4.55. The molecule has 0 aliphatic heterocycles. The molecule has 0 aliphatic carbocycles. The van der Waals surface area contributed by atoms with Gasteiger partial charge >= 0.3 is 0 Å². The van der Waals surface area contributed by atoms with E-state index in [1.807, 2.05) is 17.4 Å². The summed E-state index contributed by atoms with van der Waals surface area (Å²) in [4.78, 5) is 2.43. The fourth-order valence-corrected chi connectivity index (χ4v) is 8.60. The van der Waals surface area contributed by atoms with Crippen LogP contribution in [0.1, 0.15) is 0 Å². The Morgan fingerprint density at radius 1 is 0.429 bits per heavy atom. The van der Waals surface area contributed by atoms with Crippen molar-refractivity contribution < 1.29 is 4.42 Å². The maximum Gasteiger partial charge on any atom is 0.137 e. The standard InChI is InChI=1S/C46H29NOS/c1-2-12-32(13-3-1)36-27-28-40(46-44(36)38-16-7-9-20-43(38)49-46)47(39-17-10-19-42-45(39)37-15-6-8-18-41(37)48-42)35-25-23-31(24-26-35)34-22-21-30-11-4-5-14-33(30)29-34/h1-29H. The first-order valence-corrected chi connectivity index (χ1v) is 17.4. The highest BCUT2D eigenvalue weighted by Gasteiger charge is 2.24. The number of thiophene rings is 1. The SMILES string of the molecule is c1ccc(-c2ccc(N(c3ccc(-c4ccc5ccccc5c4)cc3)c3cccc4oc5ccccc5c34)c3sc4ccccc4c23)cc1. The number of fused-ring (bicyclic) bond motifs is 7. The topological polar surface area (TPSA) is 16.4 Å². The van der Waals surface area contributed by atoms with E-state index in [-0.39, 0.29) is 0 Å². The first-order chi connectivity index (χ1) is 24.3. The Balaban J connectivity index is 1.24. The molecule has 49 heavy (non-hydrogen) atoms. The first kappa shape index (κ1) is 27.9. The molecule has 0 bridgehead atoms. The van der Waals surface area contributed by atoms with Gasteiger partial charge in [-0.1, -0.05) is 127 Å². The average Bonchev–Trinajstić information content (AvgIpc) is 3.75. The predicted octanol–water partition coefficient (Wildman–Crippen LogP) is 13.9. The molecule has 0 atom stereocenters. The maximum atomic E-state index is 6.42. The summed E-state index contributed by atoms with van der Waals surface area (Å²) in [6.07, 6.45) is 0. The van der Waals surface area contributed by atoms with Gasteiger partial charge in [0.1, 0.15) is 11.2 Å². The van der Waals surface area contributed by atoms with Crippen LogP contribution >= 0.6 is 11.3 Å². The normalized spacial score (nSPS) is 11.7. The minimum absolute atomic E-state index is 0.880. The van der Waals surface area contributed by atoms with Crippen molar-refractivity contribution in [2.45, 2.75) is 0 Å². The zero-order valence-corrected chi connectivity index (χ0v) is 27.3. The molecule has 0 fully saturated rings. The lowest BCUT2D eigenvalue weighted by atomic mass is 9.97. The maximum absolute atomic E-state index is 6.42. The number of para-hydroxylation sites is 1. The van der Waals surface area contributed by atoms with Crippen molar-refractivity contribution in [1.82, 2.24) is 0 Å². The third-order valence-corrected chi connectivity index (χ3v) is 10.9. The molecule has 0 amide bonds. The highest BCUT2D eigenvalue weighted by Crippen LogP contribution is 2.50. The number of nitrogens with zero attached hydrogens (tertiary/aromatic N) is 1. The Hall–Kier alpha value is -6.16. The molecule has 2 heterocycles. The van der Waals surface area contributed by atoms with Crippen molar-refractivity contribution in [2.24, 2.45) is 0 Å². The summed E-state index contributed by atoms with van der Waals surface area (Å²) in [7, 11) is 0. The number of hydrogen-bond donors (Lipinski definition) is 0. The zero-order valence-electron chi connectivity index (χ0n) is 26.5. The van der Waals surface area contributed by atoms with E-state index in [4.69, 9.17) is 4.42 Å². The van der Waals surface area contributed by atoms with Crippen LogP contribution in [0.5, 0.6) is 0 Å². The van der Waals surface area contributed by atoms with Gasteiger partial charge in [0.25, 0.3) is 0 Å². The molecule has 3 heteroatoms. The van der Waals surface area contributed by atoms with Gasteiger partial charge in [0.15, 0.2) is 0 Å². The van der Waals surface area contributed by atoms with Crippen LogP contribution in [-0.4, -0.2) is 0 Å². The van der Waals surface area contributed by atoms with Crippen molar-refractivity contribution in [3.63, 3.8) is 0 Å². The van der Waals surface area contributed by atoms with Crippen LogP contribution in [0.4, 0.5) is 17.1 Å². The van der Waals surface area contributed by atoms with E-state index in [1.54, 1.807) is 0 Å². The Labute approximate surface area is 287 Å². The van der Waals surface area contributed by atoms with Crippen LogP contribution in [0.3, 0.4) is 0 Å². The molecule has 2 aromatic heterocycles. The third-order valence-electron chi connectivity index (χ3n) is 9.66. The van der Waals surface area contributed by atoms with Crippen LogP contribution in [0.15, 0.2) is 180 Å². The molecule has 0 saturated heterocycles. The van der Waals surface area contributed by atoms with Gasteiger partial charge < -0.3 is 9.32 Å². The molecule has 2 nitrogen and oxygen atoms in total. The lowest BCUT2D eigenvalue weighted by molar-refractivity contribution is 0.669. The quantitative estimate of drug-likeness (QED) is 0.186. The van der Waals surface area contributed by atoms with Crippen molar-refractivity contribution in [1.29, 1.82) is 0 Å². The summed E-state index contributed by atoms with van der Waals surface area (Å²) in [6.45, 7) is 0. The lowest BCUT2D eigenvalue weighted by Crippen LogP contribution is -2.10. The van der Waals surface area contributed by atoms with Gasteiger partial charge in [-0.3, -0.25) is 0 Å². The van der Waals surface area contributed by atoms with Crippen LogP contribution in [-0.2, 0) is 0 Å². The summed E-state index contributed by atoms with van der Waals surface area (Å²) in [6, 6.07) is 63.2. The summed E-state index contributed by atoms with van der Waals surface area (Å²) < 4.78 is 8.95. The van der Waals surface area contributed by atoms with Gasteiger partial charge in [-0.15, -0.1) is 11.3 Å². The Bertz CT molecular complexity index is 2830. The van der Waals surface area contributed by atoms with Crippen LogP contribution in [0.25, 0.3) is 75.1 Å². The van der Waals surface area contributed by atoms with Crippen molar-refractivity contribution in [2.75, 3.05) is 4.90 Å². The molecule has 10 aromatic rings. The number of furan rings is 1. The van der Waals surface area contributed by atoms with Gasteiger partial charge in [0, 0.05) is 26.5 Å². The lowest BCUT2D eigenvalue weighted by Gasteiger charge is -2.27. The molecule has 0 radical (unpaired) electrons. The fraction of sp³-hybridized carbons (Fsp3) is 0. The average molecular weight is 644 g/mol. The van der Waals surface area contributed by atoms with Gasteiger partial charge in [-0.25, -0.2) is 0 Å². The smallest absolute Gasteiger partial charge is 0.137 e. The molecule has 0 N–H and O–H groups in total. The molecule has 0 saturated carbocycles. The molecule has 10 rings (SSSR count). The van der Waals surface area contributed by atoms with Crippen molar-refractivity contribution in [3.05, 3.63) is 176 Å². The van der Waals surface area contributed by atoms with Gasteiger partial charge in [0.2, 0.25) is 0 Å². The highest BCUT2D eigenvalue weighted by atomic mass is 32.1. The predicted molar refractivity (Wildman–Crippen MR) is 210 cm³/mol. The molecule has 0 spiro atoms. The largest absolute Gasteiger partial charge is 0.456 e. The molecule has 0 aliphatic rings. The first-order valence-electron chi connectivity index (χ1n) is 16.6. The number of anilines is 3. The van der Waals surface area contributed by atoms with E-state index < -0.39 is 0 Å². The molecular weight excluding hydrogens is 615 g/mol. The summed E-state index contributed by atoms with van der Waals surface area (Å²) in [5.74, 6) is 0. The van der Waals surface area contributed by atoms with Crippen LogP contribution in [0, 0.1) is 0 Å². The van der Waals surface area contributed by atoms with E-state index in [1.165, 1.54) is 53.2 Å². The van der Waals surface area contributed by atoms with Crippen LogP contribution in [0.2, 0.25) is 0 Å². The van der Waals surface area contributed by atoms with E-state index >= 15 is 0 Å². The van der Waals surface area contributed by atoms with Crippen molar-refractivity contribution >= 4 is 81.3 Å². The second-order valence-electron chi connectivity index (χ2n) is 12.5. The van der Waals surface area contributed by atoms with E-state index in [0.29, 0.717) is 0 Å². The molecule has 0 unspecified atom stereocenters. The molecule has 8 aromatic carbocycles. The highest BCUT2D eigenvalue weighted by molar-refractivity contribution is 7.26. The minimum Gasteiger partial charge on any atom is -0.456 e. The Kier molecular flexibility index (Phi) is 6.39. The second-order valence-corrected chi connectivity index (χ2v) is 13.5. The van der Waals surface area contributed by atoms with E-state index in [0.717, 1.165) is 39.0 Å². The molecule has 230 valence electrons. The van der Waals surface area contributed by atoms with E-state index in [2.05, 4.69) is 175 Å². The van der Waals surface area contributed by atoms with Gasteiger partial charge in [-0.05, 0) is 81.6 Å². The van der Waals surface area contributed by atoms with Crippen LogP contribution < -0.4 is 4.90 Å². The Morgan fingerprint density at radius 2 is 1.14 bits per heavy atom. The fourth-order valence-electron chi connectivity index (χ4n) is 7.37. The van der Waals surface area contributed by atoms with E-state index in [9.17, 15) is 0 Å². The number of hydrogen-bond acceptors (Lipinski definition) is 3. The summed E-state index contributed by atoms with van der Waals surface area (Å²) in [5.41, 5.74) is 9.96. The molecular formula is C46H29NOS. The van der Waals surface area contributed by atoms with Crippen molar-refractivity contribution in [3.8, 4) is 22.3 Å². The van der Waals surface area contributed by atoms with Gasteiger partial charge in [0.05, 0.1) is 21.5 Å². The number of benzene rings is 8. The van der Waals surface area contributed by atoms with Gasteiger partial charge in [-0.2, -0.15) is 0 Å². The second kappa shape index (κ2) is 11.2.